The molecule has 0 amide bonds. The molecule has 16 rings (SSSR count). The summed E-state index contributed by atoms with van der Waals surface area (Å²) in [6.07, 6.45) is 2.26. The van der Waals surface area contributed by atoms with Crippen LogP contribution >= 0.6 is 0 Å². The molecule has 0 bridgehead atoms. The average molecular weight is 1260 g/mol. The second kappa shape index (κ2) is 28.3. The first-order valence-corrected chi connectivity index (χ1v) is 34.2. The average Bonchev–Trinajstić information content (AvgIpc) is 1.64. The molecule has 0 saturated carbocycles. The second-order valence-electron chi connectivity index (χ2n) is 25.4. The van der Waals surface area contributed by atoms with E-state index < -0.39 is 0 Å². The third kappa shape index (κ3) is 12.4. The zero-order valence-electron chi connectivity index (χ0n) is 57.3. The van der Waals surface area contributed by atoms with Crippen molar-refractivity contribution in [1.82, 2.24) is 18.3 Å². The number of para-hydroxylation sites is 8. The summed E-state index contributed by atoms with van der Waals surface area (Å²) in [6.45, 7) is 15.5. The number of nitrogens with zero attached hydrogens (tertiary/aromatic N) is 8. The number of rotatable bonds is 14. The van der Waals surface area contributed by atoms with Gasteiger partial charge in [0, 0.05) is 186 Å². The Labute approximate surface area is 566 Å². The summed E-state index contributed by atoms with van der Waals surface area (Å²) in [5.41, 5.74) is 20.2. The minimum absolute atomic E-state index is 0.435. The molecule has 0 aliphatic rings. The van der Waals surface area contributed by atoms with E-state index in [1.165, 1.54) is 133 Å². The Bertz CT molecular complexity index is 5290. The first kappa shape index (κ1) is 63.8. The Morgan fingerprint density at radius 1 is 0.260 bits per heavy atom. The van der Waals surface area contributed by atoms with Gasteiger partial charge in [-0.15, -0.1) is 0 Å². The highest BCUT2D eigenvalue weighted by Gasteiger charge is 2.19. The van der Waals surface area contributed by atoms with Crippen LogP contribution < -0.4 is 19.6 Å². The van der Waals surface area contributed by atoms with Gasteiger partial charge in [0.25, 0.3) is 0 Å². The molecule has 1 unspecified atom stereocenters. The molecule has 4 heterocycles. The topological polar surface area (TPSA) is 32.7 Å². The van der Waals surface area contributed by atoms with Gasteiger partial charge in [-0.05, 0) is 186 Å². The van der Waals surface area contributed by atoms with Crippen LogP contribution in [0.1, 0.15) is 66.5 Å². The van der Waals surface area contributed by atoms with Crippen LogP contribution in [0, 0.1) is 0 Å². The van der Waals surface area contributed by atoms with Gasteiger partial charge in [-0.25, -0.2) is 0 Å². The first-order valence-electron chi connectivity index (χ1n) is 34.2. The maximum Gasteiger partial charge on any atom is 0.0495 e. The molecule has 0 aliphatic carbocycles. The van der Waals surface area contributed by atoms with E-state index in [4.69, 9.17) is 0 Å². The third-order valence-electron chi connectivity index (χ3n) is 19.3. The third-order valence-corrected chi connectivity index (χ3v) is 19.3. The Hall–Kier alpha value is -11.0. The normalized spacial score (nSPS) is 11.7. The number of hydrogen-bond acceptors (Lipinski definition) is 4. The first-order chi connectivity index (χ1) is 47.0. The van der Waals surface area contributed by atoms with Crippen molar-refractivity contribution in [3.63, 3.8) is 0 Å². The van der Waals surface area contributed by atoms with Gasteiger partial charge >= 0.3 is 0 Å². The fourth-order valence-electron chi connectivity index (χ4n) is 14.1. The smallest absolute Gasteiger partial charge is 0.0495 e. The number of benzene rings is 12. The van der Waals surface area contributed by atoms with Crippen molar-refractivity contribution >= 4 is 133 Å². The summed E-state index contributed by atoms with van der Waals surface area (Å²) >= 11 is 0. The lowest BCUT2D eigenvalue weighted by molar-refractivity contribution is 0.563. The molecule has 8 heteroatoms. The van der Waals surface area contributed by atoms with Gasteiger partial charge in [0.1, 0.15) is 0 Å². The Morgan fingerprint density at radius 3 is 0.865 bits per heavy atom. The van der Waals surface area contributed by atoms with Crippen molar-refractivity contribution < 1.29 is 0 Å². The molecule has 8 nitrogen and oxygen atoms in total. The SMILES string of the molecule is CC(C)n1c2ccccc2c2cc(N(C)c3ccccc3)ccc21.CCC(C)n1c2ccccc2c2cc(N(C)c3ccccc3)ccc21.CCCn1c2ccccc2c2cc(N(C)c3ccccc3)ccc21.CCn1c2ccccc2c2cc(N(C)c3ccccc3)ccc21. The van der Waals surface area contributed by atoms with Crippen molar-refractivity contribution in [3.8, 4) is 0 Å². The number of anilines is 8. The largest absolute Gasteiger partial charge is 0.345 e. The maximum atomic E-state index is 2.48. The van der Waals surface area contributed by atoms with Crippen molar-refractivity contribution in [3.05, 3.63) is 291 Å². The molecule has 0 aliphatic heterocycles. The van der Waals surface area contributed by atoms with E-state index in [2.05, 4.69) is 399 Å². The van der Waals surface area contributed by atoms with Crippen LogP contribution in [-0.2, 0) is 13.1 Å². The van der Waals surface area contributed by atoms with Gasteiger partial charge in [-0.3, -0.25) is 0 Å². The summed E-state index contributed by atoms with van der Waals surface area (Å²) in [7, 11) is 8.50. The molecule has 0 N–H and O–H groups in total. The number of hydrogen-bond donors (Lipinski definition) is 0. The number of fused-ring (bicyclic) bond motifs is 12. The van der Waals surface area contributed by atoms with E-state index in [1.54, 1.807) is 0 Å². The van der Waals surface area contributed by atoms with Crippen molar-refractivity contribution in [2.75, 3.05) is 47.8 Å². The van der Waals surface area contributed by atoms with Crippen molar-refractivity contribution in [1.29, 1.82) is 0 Å². The standard InChI is InChI=1S/C23H24N2.2C22H22N2.C21H20N2/c1-4-17(2)25-22-13-9-8-12-20(22)21-16-19(14-15-23(21)25)24(3)18-10-6-5-7-11-18;1-16(2)24-21-12-8-7-11-19(21)20-15-18(13-14-22(20)24)23(3)17-9-5-4-6-10-17;1-3-15-24-21-12-8-7-11-19(21)20-16-18(13-14-22(20)24)23(2)17-9-5-4-6-10-17;1-3-23-20-12-8-7-11-18(20)19-15-17(13-14-21(19)23)22(2)16-9-5-4-6-10-16/h5-17H,4H2,1-3H3;4-16H,1-3H3;4-14,16H,3,15H2,1-2H3;4-15H,3H2,1-2H3. The van der Waals surface area contributed by atoms with Crippen LogP contribution in [0.15, 0.2) is 291 Å². The van der Waals surface area contributed by atoms with Crippen LogP contribution in [-0.4, -0.2) is 46.5 Å². The fraction of sp³-hybridized carbons (Fsp3) is 0.182. The maximum absolute atomic E-state index is 2.48. The summed E-state index contributed by atoms with van der Waals surface area (Å²) in [5, 5.41) is 10.6. The molecule has 1 atom stereocenters. The zero-order chi connectivity index (χ0) is 66.4. The predicted octanol–water partition coefficient (Wildman–Crippen LogP) is 24.2. The summed E-state index contributed by atoms with van der Waals surface area (Å²) in [4.78, 5) is 8.96. The molecule has 16 aromatic rings. The molecule has 480 valence electrons. The lowest BCUT2D eigenvalue weighted by Crippen LogP contribution is -2.09. The van der Waals surface area contributed by atoms with Crippen molar-refractivity contribution in [2.45, 2.75) is 79.6 Å². The second-order valence-corrected chi connectivity index (χ2v) is 25.4. The van der Waals surface area contributed by atoms with E-state index in [0.717, 1.165) is 25.9 Å². The highest BCUT2D eigenvalue weighted by atomic mass is 15.1. The van der Waals surface area contributed by atoms with Crippen LogP contribution in [0.3, 0.4) is 0 Å². The summed E-state index contributed by atoms with van der Waals surface area (Å²) in [6, 6.07) is 105. The Balaban J connectivity index is 0.000000116. The van der Waals surface area contributed by atoms with Crippen molar-refractivity contribution in [2.24, 2.45) is 0 Å². The lowest BCUT2D eigenvalue weighted by atomic mass is 10.1. The van der Waals surface area contributed by atoms with Gasteiger partial charge in [0.05, 0.1) is 0 Å². The van der Waals surface area contributed by atoms with Gasteiger partial charge < -0.3 is 37.9 Å². The molecule has 0 spiro atoms. The molecule has 96 heavy (non-hydrogen) atoms. The van der Waals surface area contributed by atoms with E-state index in [1.807, 2.05) is 0 Å². The molecule has 12 aromatic carbocycles. The van der Waals surface area contributed by atoms with E-state index in [0.29, 0.717) is 12.1 Å². The number of aryl methyl sites for hydroxylation is 2. The summed E-state index contributed by atoms with van der Waals surface area (Å²) in [5.74, 6) is 0. The van der Waals surface area contributed by atoms with Crippen LogP contribution in [0.25, 0.3) is 87.2 Å². The Morgan fingerprint density at radius 2 is 0.521 bits per heavy atom. The fourth-order valence-corrected chi connectivity index (χ4v) is 14.1. The van der Waals surface area contributed by atoms with Gasteiger partial charge in [-0.2, -0.15) is 0 Å². The minimum atomic E-state index is 0.435. The van der Waals surface area contributed by atoms with Gasteiger partial charge in [-0.1, -0.05) is 159 Å². The molecule has 0 radical (unpaired) electrons. The van der Waals surface area contributed by atoms with Crippen LogP contribution in [0.5, 0.6) is 0 Å². The molecule has 0 saturated heterocycles. The lowest BCUT2D eigenvalue weighted by Gasteiger charge is -2.20. The number of aromatic nitrogens is 4. The van der Waals surface area contributed by atoms with Crippen LogP contribution in [0.2, 0.25) is 0 Å². The van der Waals surface area contributed by atoms with E-state index in [-0.39, 0.29) is 0 Å². The summed E-state index contributed by atoms with van der Waals surface area (Å²) < 4.78 is 9.74. The van der Waals surface area contributed by atoms with Gasteiger partial charge in [0.2, 0.25) is 0 Å². The molecular formula is C88H88N8. The zero-order valence-corrected chi connectivity index (χ0v) is 57.3. The Kier molecular flexibility index (Phi) is 18.8. The molecular weight excluding hydrogens is 1170 g/mol. The highest BCUT2D eigenvalue weighted by molar-refractivity contribution is 6.12. The minimum Gasteiger partial charge on any atom is -0.345 e. The quantitative estimate of drug-likeness (QED) is 0.109. The molecule has 4 aromatic heterocycles. The van der Waals surface area contributed by atoms with Gasteiger partial charge in [0.15, 0.2) is 0 Å². The predicted molar refractivity (Wildman–Crippen MR) is 417 cm³/mol. The van der Waals surface area contributed by atoms with Crippen LogP contribution in [0.4, 0.5) is 45.5 Å². The highest BCUT2D eigenvalue weighted by Crippen LogP contribution is 2.40. The monoisotopic (exact) mass is 1260 g/mol. The molecule has 0 fully saturated rings. The van der Waals surface area contributed by atoms with E-state index >= 15 is 0 Å². The van der Waals surface area contributed by atoms with E-state index in [9.17, 15) is 0 Å².